The summed E-state index contributed by atoms with van der Waals surface area (Å²) in [6.45, 7) is 9.80. The molecule has 0 amide bonds. The van der Waals surface area contributed by atoms with Crippen LogP contribution in [-0.4, -0.2) is 81.0 Å². The highest BCUT2D eigenvalue weighted by Crippen LogP contribution is 2.51. The van der Waals surface area contributed by atoms with E-state index in [1.807, 2.05) is 4.90 Å². The number of carboxylic acids is 1. The van der Waals surface area contributed by atoms with Gasteiger partial charge in [-0.3, -0.25) is 23.0 Å². The van der Waals surface area contributed by atoms with Crippen LogP contribution in [0, 0.1) is 6.92 Å². The molecule has 2 aromatic rings. The molecule has 19 heteroatoms. The van der Waals surface area contributed by atoms with Crippen LogP contribution >= 0.6 is 0 Å². The minimum absolute atomic E-state index is 0.00747. The summed E-state index contributed by atoms with van der Waals surface area (Å²) in [7, 11) is -17.9. The molecular weight excluding hydrogens is 811 g/mol. The van der Waals surface area contributed by atoms with Crippen LogP contribution in [0.4, 0.5) is 5.69 Å². The number of hydrogen-bond acceptors (Lipinski definition) is 10. The summed E-state index contributed by atoms with van der Waals surface area (Å²) in [5, 5.41) is 9.06. The minimum atomic E-state index is -4.62. The summed E-state index contributed by atoms with van der Waals surface area (Å²) in [5.74, 6) is -2.05. The fourth-order valence-corrected chi connectivity index (χ4v) is 9.06. The van der Waals surface area contributed by atoms with Crippen molar-refractivity contribution in [3.63, 3.8) is 0 Å². The van der Waals surface area contributed by atoms with Crippen molar-refractivity contribution < 1.29 is 61.8 Å². The second kappa shape index (κ2) is 18.3. The van der Waals surface area contributed by atoms with Crippen molar-refractivity contribution >= 4 is 52.1 Å². The second-order valence-corrected chi connectivity index (χ2v) is 20.2. The molecule has 1 heterocycles. The number of carbonyl (C=O) groups is 1. The molecule has 15 nitrogen and oxygen atoms in total. The van der Waals surface area contributed by atoms with Gasteiger partial charge in [-0.05, 0) is 111 Å². The fourth-order valence-electron chi connectivity index (χ4n) is 7.03. The van der Waals surface area contributed by atoms with Crippen molar-refractivity contribution in [1.82, 2.24) is 0 Å². The largest absolute Gasteiger partial charge is 0.481 e. The third kappa shape index (κ3) is 12.7. The molecule has 1 aliphatic heterocycles. The number of benzene rings is 2. The van der Waals surface area contributed by atoms with Gasteiger partial charge in [0.1, 0.15) is 0 Å². The number of rotatable bonds is 21. The molecule has 0 saturated carbocycles. The Balaban J connectivity index is 2.08. The first-order valence-electron chi connectivity index (χ1n) is 17.5. The molecule has 1 aliphatic rings. The highest BCUT2D eigenvalue weighted by Gasteiger charge is 2.43. The molecule has 0 fully saturated rings. The van der Waals surface area contributed by atoms with E-state index in [4.69, 9.17) is 5.11 Å². The molecular formula is C37H49NO14S4. The molecule has 0 saturated heterocycles. The average molecular weight is 860 g/mol. The van der Waals surface area contributed by atoms with Gasteiger partial charge < -0.3 is 10.0 Å². The van der Waals surface area contributed by atoms with Crippen molar-refractivity contribution in [3.8, 4) is 0 Å². The maximum atomic E-state index is 12.2. The number of aliphatic carboxylic acids is 1. The first-order chi connectivity index (χ1) is 25.7. The summed E-state index contributed by atoms with van der Waals surface area (Å²) in [6.07, 6.45) is 10.1. The second-order valence-electron chi connectivity index (χ2n) is 14.2. The van der Waals surface area contributed by atoms with E-state index in [-0.39, 0.29) is 41.9 Å². The van der Waals surface area contributed by atoms with Gasteiger partial charge >= 0.3 is 5.97 Å². The van der Waals surface area contributed by atoms with Gasteiger partial charge in [0.25, 0.3) is 40.5 Å². The molecule has 2 aromatic carbocycles. The van der Waals surface area contributed by atoms with Crippen LogP contribution in [0.2, 0.25) is 0 Å². The Kier molecular flexibility index (Phi) is 15.2. The fraction of sp³-hybridized carbons (Fsp3) is 0.432. The standard InChI is InChI=1S/C37H49NO14S4/c1-27-16-17-29(55(47,48)49)25-31(27)36(3,20-11-23-53(41,42)43)28(2)13-7-5-8-14-34-37(4,21-12-24-54(44,45)46)32-26-30(56(50,51)52)18-19-33(32)38(34)22-10-6-9-15-35(39)40/h5,7-8,13-14,16-19,25-26H,2,6,9-12,15,20-24H2,1,3-4H3,(H,39,40)(H,41,42,43)(H,44,45,46)(H,47,48,49)(H,50,51,52)/b8-5+,13-7+,34-14+. The van der Waals surface area contributed by atoms with Gasteiger partial charge in [-0.25, -0.2) is 0 Å². The number of anilines is 1. The quantitative estimate of drug-likeness (QED) is 0.0543. The smallest absolute Gasteiger partial charge is 0.303 e. The number of allylic oxidation sites excluding steroid dienone is 7. The van der Waals surface area contributed by atoms with E-state index in [0.29, 0.717) is 59.5 Å². The highest BCUT2D eigenvalue weighted by atomic mass is 32.2. The zero-order valence-electron chi connectivity index (χ0n) is 31.3. The van der Waals surface area contributed by atoms with Crippen molar-refractivity contribution in [2.75, 3.05) is 23.0 Å². The Morgan fingerprint density at radius 3 is 1.98 bits per heavy atom. The lowest BCUT2D eigenvalue weighted by Gasteiger charge is -2.33. The molecule has 0 bridgehead atoms. The molecule has 0 radical (unpaired) electrons. The third-order valence-corrected chi connectivity index (χ3v) is 13.3. The normalized spacial score (nSPS) is 18.5. The van der Waals surface area contributed by atoms with Gasteiger partial charge in [0, 0.05) is 35.2 Å². The maximum absolute atomic E-state index is 12.2. The third-order valence-electron chi connectivity index (χ3n) is 10.0. The van der Waals surface area contributed by atoms with Crippen LogP contribution < -0.4 is 4.90 Å². The molecule has 0 aliphatic carbocycles. The number of nitrogens with zero attached hydrogens (tertiary/aromatic N) is 1. The van der Waals surface area contributed by atoms with Crippen molar-refractivity contribution in [3.05, 3.63) is 101 Å². The van der Waals surface area contributed by atoms with Crippen LogP contribution in [0.25, 0.3) is 0 Å². The van der Waals surface area contributed by atoms with Crippen molar-refractivity contribution in [1.29, 1.82) is 0 Å². The van der Waals surface area contributed by atoms with Crippen LogP contribution in [-0.2, 0) is 56.1 Å². The van der Waals surface area contributed by atoms with E-state index in [1.54, 1.807) is 51.2 Å². The number of carboxylic acid groups (broad SMARTS) is 1. The minimum Gasteiger partial charge on any atom is -0.481 e. The SMILES string of the molecule is C=C(/C=C/C=C/C=C1/N(CCCCCC(=O)O)c2ccc(S(=O)(=O)O)cc2C1(C)CCCS(=O)(=O)O)C(C)(CCCS(=O)(=O)O)c1cc(S(=O)(=O)O)ccc1C. The Morgan fingerprint density at radius 2 is 1.39 bits per heavy atom. The molecule has 310 valence electrons. The zero-order valence-corrected chi connectivity index (χ0v) is 34.6. The summed E-state index contributed by atoms with van der Waals surface area (Å²) >= 11 is 0. The zero-order chi connectivity index (χ0) is 42.3. The average Bonchev–Trinajstić information content (AvgIpc) is 3.28. The molecule has 2 unspecified atom stereocenters. The van der Waals surface area contributed by atoms with E-state index in [1.165, 1.54) is 36.4 Å². The van der Waals surface area contributed by atoms with Gasteiger partial charge in [0.2, 0.25) is 0 Å². The molecule has 3 rings (SSSR count). The maximum Gasteiger partial charge on any atom is 0.303 e. The van der Waals surface area contributed by atoms with Gasteiger partial charge in [-0.2, -0.15) is 33.7 Å². The van der Waals surface area contributed by atoms with Crippen molar-refractivity contribution in [2.45, 2.75) is 92.8 Å². The van der Waals surface area contributed by atoms with E-state index in [0.717, 1.165) is 0 Å². The molecule has 5 N–H and O–H groups in total. The lowest BCUT2D eigenvalue weighted by atomic mass is 9.71. The van der Waals surface area contributed by atoms with E-state index in [9.17, 15) is 56.7 Å². The lowest BCUT2D eigenvalue weighted by Crippen LogP contribution is -2.30. The van der Waals surface area contributed by atoms with E-state index < -0.39 is 68.8 Å². The summed E-state index contributed by atoms with van der Waals surface area (Å²) in [4.78, 5) is 12.2. The van der Waals surface area contributed by atoms with Crippen LogP contribution in [0.1, 0.15) is 81.9 Å². The topological polar surface area (TPSA) is 258 Å². The van der Waals surface area contributed by atoms with Crippen LogP contribution in [0.5, 0.6) is 0 Å². The van der Waals surface area contributed by atoms with Crippen LogP contribution in [0.3, 0.4) is 0 Å². The monoisotopic (exact) mass is 859 g/mol. The summed E-state index contributed by atoms with van der Waals surface area (Å²) in [5.41, 5.74) is 1.14. The Hall–Kier alpha value is -3.69. The first-order valence-corrected chi connectivity index (χ1v) is 23.6. The van der Waals surface area contributed by atoms with Crippen LogP contribution in [0.15, 0.2) is 94.4 Å². The Bertz CT molecular complexity index is 2350. The van der Waals surface area contributed by atoms with Gasteiger partial charge in [-0.15, -0.1) is 0 Å². The number of unbranched alkanes of at least 4 members (excludes halogenated alkanes) is 2. The highest BCUT2D eigenvalue weighted by molar-refractivity contribution is 7.86. The number of fused-ring (bicyclic) bond motifs is 1. The summed E-state index contributed by atoms with van der Waals surface area (Å²) in [6, 6.07) is 8.15. The number of hydrogen-bond donors (Lipinski definition) is 5. The molecule has 2 atom stereocenters. The first kappa shape index (κ1) is 46.7. The lowest BCUT2D eigenvalue weighted by molar-refractivity contribution is -0.137. The molecule has 56 heavy (non-hydrogen) atoms. The van der Waals surface area contributed by atoms with Gasteiger partial charge in [0.05, 0.1) is 21.3 Å². The molecule has 0 spiro atoms. The Labute approximate surface area is 329 Å². The Morgan fingerprint density at radius 1 is 0.804 bits per heavy atom. The van der Waals surface area contributed by atoms with Gasteiger partial charge in [-0.1, -0.05) is 50.3 Å². The predicted molar refractivity (Wildman–Crippen MR) is 212 cm³/mol. The number of aryl methyl sites for hydroxylation is 1. The van der Waals surface area contributed by atoms with E-state index >= 15 is 0 Å². The van der Waals surface area contributed by atoms with Gasteiger partial charge in [0.15, 0.2) is 0 Å². The summed E-state index contributed by atoms with van der Waals surface area (Å²) < 4.78 is 133. The predicted octanol–water partition coefficient (Wildman–Crippen LogP) is 6.06. The van der Waals surface area contributed by atoms with E-state index in [2.05, 4.69) is 6.58 Å². The van der Waals surface area contributed by atoms with Crippen molar-refractivity contribution in [2.24, 2.45) is 0 Å². The molecule has 0 aromatic heterocycles.